The van der Waals surface area contributed by atoms with Gasteiger partial charge >= 0.3 is 0 Å². The van der Waals surface area contributed by atoms with Gasteiger partial charge in [0, 0.05) is 37.1 Å². The molecule has 4 rings (SSSR count). The molecule has 3 heterocycles. The molecular formula is C20H25N5O. The van der Waals surface area contributed by atoms with Gasteiger partial charge in [-0.3, -0.25) is 9.78 Å². The molecule has 1 aliphatic carbocycles. The summed E-state index contributed by atoms with van der Waals surface area (Å²) in [5.41, 5.74) is 3.12. The van der Waals surface area contributed by atoms with E-state index in [1.807, 2.05) is 24.4 Å². The van der Waals surface area contributed by atoms with Crippen LogP contribution in [0.1, 0.15) is 42.6 Å². The average Bonchev–Trinajstić information content (AvgIpc) is 2.72. The molecule has 136 valence electrons. The van der Waals surface area contributed by atoms with Crippen molar-refractivity contribution in [1.29, 1.82) is 0 Å². The Balaban J connectivity index is 1.37. The minimum atomic E-state index is -0.00403. The number of anilines is 1. The fourth-order valence-corrected chi connectivity index (χ4v) is 3.79. The number of nitrogens with one attached hydrogen (secondary N) is 1. The van der Waals surface area contributed by atoms with Crippen molar-refractivity contribution < 1.29 is 4.79 Å². The maximum atomic E-state index is 12.5. The number of carbonyl (C=O) groups excluding carboxylic acids is 1. The molecule has 1 N–H and O–H groups in total. The van der Waals surface area contributed by atoms with Crippen LogP contribution >= 0.6 is 0 Å². The number of fused-ring (bicyclic) bond motifs is 1. The van der Waals surface area contributed by atoms with Crippen molar-refractivity contribution in [2.75, 3.05) is 18.0 Å². The molecule has 0 spiro atoms. The number of carbonyl (C=O) groups is 1. The molecule has 0 radical (unpaired) electrons. The van der Waals surface area contributed by atoms with Crippen molar-refractivity contribution in [3.63, 3.8) is 0 Å². The quantitative estimate of drug-likeness (QED) is 0.915. The predicted octanol–water partition coefficient (Wildman–Crippen LogP) is 2.28. The molecule has 0 aromatic carbocycles. The maximum absolute atomic E-state index is 12.5. The van der Waals surface area contributed by atoms with Gasteiger partial charge in [0.1, 0.15) is 0 Å². The summed E-state index contributed by atoms with van der Waals surface area (Å²) in [7, 11) is 0. The zero-order valence-corrected chi connectivity index (χ0v) is 15.0. The number of rotatable bonds is 4. The second kappa shape index (κ2) is 7.81. The molecule has 2 aliphatic rings. The van der Waals surface area contributed by atoms with Crippen molar-refractivity contribution in [1.82, 2.24) is 20.3 Å². The van der Waals surface area contributed by atoms with Crippen LogP contribution in [0.2, 0.25) is 0 Å². The van der Waals surface area contributed by atoms with Crippen molar-refractivity contribution in [2.24, 2.45) is 5.92 Å². The van der Waals surface area contributed by atoms with E-state index in [1.165, 1.54) is 19.3 Å². The standard InChI is InChI=1S/C20H25N5O/c26-19(22-14-17-6-2-3-9-21-17)15-7-8-18-16(12-15)13-23-20(24-18)25-10-4-1-5-11-25/h2-3,6,9,13,15H,1,4-5,7-8,10-12,14H2,(H,22,26). The van der Waals surface area contributed by atoms with E-state index in [1.54, 1.807) is 6.20 Å². The smallest absolute Gasteiger partial charge is 0.225 e. The van der Waals surface area contributed by atoms with Crippen LogP contribution in [0.3, 0.4) is 0 Å². The van der Waals surface area contributed by atoms with Gasteiger partial charge in [0.25, 0.3) is 0 Å². The Bertz CT molecular complexity index is 758. The highest BCUT2D eigenvalue weighted by Gasteiger charge is 2.26. The molecule has 26 heavy (non-hydrogen) atoms. The van der Waals surface area contributed by atoms with Gasteiger partial charge in [0.05, 0.1) is 12.2 Å². The van der Waals surface area contributed by atoms with E-state index >= 15 is 0 Å². The largest absolute Gasteiger partial charge is 0.350 e. The number of nitrogens with zero attached hydrogens (tertiary/aromatic N) is 4. The van der Waals surface area contributed by atoms with Gasteiger partial charge in [-0.15, -0.1) is 0 Å². The first kappa shape index (κ1) is 16.9. The van der Waals surface area contributed by atoms with Crippen molar-refractivity contribution in [3.8, 4) is 0 Å². The number of hydrogen-bond donors (Lipinski definition) is 1. The van der Waals surface area contributed by atoms with E-state index in [-0.39, 0.29) is 11.8 Å². The fraction of sp³-hybridized carbons (Fsp3) is 0.500. The number of pyridine rings is 1. The molecule has 2 aromatic heterocycles. The highest BCUT2D eigenvalue weighted by molar-refractivity contribution is 5.79. The zero-order chi connectivity index (χ0) is 17.8. The minimum absolute atomic E-state index is 0.00403. The van der Waals surface area contributed by atoms with E-state index in [2.05, 4.69) is 20.2 Å². The van der Waals surface area contributed by atoms with Crippen LogP contribution in [0.25, 0.3) is 0 Å². The Labute approximate surface area is 154 Å². The lowest BCUT2D eigenvalue weighted by Crippen LogP contribution is -2.35. The zero-order valence-electron chi connectivity index (χ0n) is 15.0. The summed E-state index contributed by atoms with van der Waals surface area (Å²) in [5.74, 6) is 0.957. The lowest BCUT2D eigenvalue weighted by atomic mass is 9.86. The lowest BCUT2D eigenvalue weighted by molar-refractivity contribution is -0.125. The number of amides is 1. The SMILES string of the molecule is O=C(NCc1ccccn1)C1CCc2nc(N3CCCCC3)ncc2C1. The van der Waals surface area contributed by atoms with Crippen molar-refractivity contribution in [3.05, 3.63) is 47.5 Å². The molecule has 0 saturated carbocycles. The fourth-order valence-electron chi connectivity index (χ4n) is 3.79. The van der Waals surface area contributed by atoms with Gasteiger partial charge in [-0.05, 0) is 56.2 Å². The maximum Gasteiger partial charge on any atom is 0.225 e. The summed E-state index contributed by atoms with van der Waals surface area (Å²) in [6.45, 7) is 2.59. The summed E-state index contributed by atoms with van der Waals surface area (Å²) in [6, 6.07) is 5.73. The highest BCUT2D eigenvalue weighted by atomic mass is 16.1. The second-order valence-electron chi connectivity index (χ2n) is 7.17. The Morgan fingerprint density at radius 1 is 1.19 bits per heavy atom. The monoisotopic (exact) mass is 351 g/mol. The van der Waals surface area contributed by atoms with Gasteiger partial charge in [-0.1, -0.05) is 6.07 Å². The molecule has 0 bridgehead atoms. The van der Waals surface area contributed by atoms with Gasteiger partial charge in [0.2, 0.25) is 11.9 Å². The van der Waals surface area contributed by atoms with E-state index in [4.69, 9.17) is 4.98 Å². The van der Waals surface area contributed by atoms with E-state index < -0.39 is 0 Å². The molecule has 1 atom stereocenters. The number of aromatic nitrogens is 3. The molecule has 1 fully saturated rings. The Morgan fingerprint density at radius 2 is 2.08 bits per heavy atom. The Morgan fingerprint density at radius 3 is 2.88 bits per heavy atom. The van der Waals surface area contributed by atoms with E-state index in [9.17, 15) is 4.79 Å². The summed E-state index contributed by atoms with van der Waals surface area (Å²) >= 11 is 0. The summed E-state index contributed by atoms with van der Waals surface area (Å²) in [6.07, 6.45) is 9.84. The van der Waals surface area contributed by atoms with Crippen LogP contribution in [0.4, 0.5) is 5.95 Å². The predicted molar refractivity (Wildman–Crippen MR) is 99.7 cm³/mol. The van der Waals surface area contributed by atoms with Crippen molar-refractivity contribution >= 4 is 11.9 Å². The highest BCUT2D eigenvalue weighted by Crippen LogP contribution is 2.26. The second-order valence-corrected chi connectivity index (χ2v) is 7.17. The van der Waals surface area contributed by atoms with Gasteiger partial charge in [-0.25, -0.2) is 9.97 Å². The molecule has 1 aliphatic heterocycles. The third-order valence-electron chi connectivity index (χ3n) is 5.32. The summed E-state index contributed by atoms with van der Waals surface area (Å²) < 4.78 is 0. The van der Waals surface area contributed by atoms with E-state index in [0.717, 1.165) is 55.3 Å². The molecule has 6 heteroatoms. The molecular weight excluding hydrogens is 326 g/mol. The molecule has 1 saturated heterocycles. The van der Waals surface area contributed by atoms with Gasteiger partial charge < -0.3 is 10.2 Å². The average molecular weight is 351 g/mol. The molecule has 1 unspecified atom stereocenters. The topological polar surface area (TPSA) is 71.0 Å². The Hall–Kier alpha value is -2.50. The minimum Gasteiger partial charge on any atom is -0.350 e. The van der Waals surface area contributed by atoms with Gasteiger partial charge in [0.15, 0.2) is 0 Å². The van der Waals surface area contributed by atoms with Crippen LogP contribution in [-0.4, -0.2) is 33.9 Å². The van der Waals surface area contributed by atoms with Gasteiger partial charge in [-0.2, -0.15) is 0 Å². The van der Waals surface area contributed by atoms with Crippen LogP contribution < -0.4 is 10.2 Å². The van der Waals surface area contributed by atoms with Crippen LogP contribution in [-0.2, 0) is 24.2 Å². The first-order chi connectivity index (χ1) is 12.8. The Kier molecular flexibility index (Phi) is 5.09. The molecule has 1 amide bonds. The van der Waals surface area contributed by atoms with E-state index in [0.29, 0.717) is 6.54 Å². The first-order valence-electron chi connectivity index (χ1n) is 9.57. The van der Waals surface area contributed by atoms with Crippen LogP contribution in [0.5, 0.6) is 0 Å². The van der Waals surface area contributed by atoms with Crippen LogP contribution in [0.15, 0.2) is 30.6 Å². The normalized spacial score (nSPS) is 19.7. The van der Waals surface area contributed by atoms with Crippen LogP contribution in [0, 0.1) is 5.92 Å². The first-order valence-corrected chi connectivity index (χ1v) is 9.57. The van der Waals surface area contributed by atoms with Crippen molar-refractivity contribution in [2.45, 2.75) is 45.1 Å². The molecule has 2 aromatic rings. The number of piperidine rings is 1. The third kappa shape index (κ3) is 3.84. The third-order valence-corrected chi connectivity index (χ3v) is 5.32. The number of hydrogen-bond acceptors (Lipinski definition) is 5. The number of aryl methyl sites for hydroxylation is 1. The summed E-state index contributed by atoms with van der Waals surface area (Å²) in [4.78, 5) is 28.4. The lowest BCUT2D eigenvalue weighted by Gasteiger charge is -2.28. The molecule has 6 nitrogen and oxygen atoms in total. The summed E-state index contributed by atoms with van der Waals surface area (Å²) in [5, 5.41) is 3.01.